The molecular weight excluding hydrogens is 396 g/mol. The van der Waals surface area contributed by atoms with Gasteiger partial charge in [-0.3, -0.25) is 4.90 Å². The summed E-state index contributed by atoms with van der Waals surface area (Å²) in [4.78, 5) is 21.8. The number of carbonyl (C=O) groups excluding carboxylic acids is 1. The topological polar surface area (TPSA) is 99.9 Å². The summed E-state index contributed by atoms with van der Waals surface area (Å²) in [6, 6.07) is 5.95. The number of pyridine rings is 1. The third kappa shape index (κ3) is 3.52. The molecule has 10 nitrogen and oxygen atoms in total. The SMILES string of the molecule is COc1nn2nc(C)cc2cc1NC(=O)N1CCc2c(N3CCN[C@H](C)C3)ccnc21. The Kier molecular flexibility index (Phi) is 4.85. The highest BCUT2D eigenvalue weighted by molar-refractivity contribution is 6.03. The van der Waals surface area contributed by atoms with Gasteiger partial charge in [-0.15, -0.1) is 9.73 Å². The number of amides is 2. The summed E-state index contributed by atoms with van der Waals surface area (Å²) in [6.07, 6.45) is 2.57. The zero-order valence-corrected chi connectivity index (χ0v) is 17.9. The number of aromatic nitrogens is 4. The first-order valence-corrected chi connectivity index (χ1v) is 10.5. The van der Waals surface area contributed by atoms with Crippen LogP contribution >= 0.6 is 0 Å². The van der Waals surface area contributed by atoms with E-state index in [1.807, 2.05) is 19.1 Å². The lowest BCUT2D eigenvalue weighted by atomic mass is 10.1. The molecule has 5 rings (SSSR count). The van der Waals surface area contributed by atoms with Gasteiger partial charge in [0.05, 0.1) is 18.3 Å². The molecule has 2 N–H and O–H groups in total. The highest BCUT2D eigenvalue weighted by Crippen LogP contribution is 2.35. The Bertz CT molecular complexity index is 1140. The first kappa shape index (κ1) is 19.6. The minimum Gasteiger partial charge on any atom is -0.478 e. The summed E-state index contributed by atoms with van der Waals surface area (Å²) in [5.74, 6) is 1.02. The number of nitrogens with one attached hydrogen (secondary N) is 2. The average Bonchev–Trinajstić information content (AvgIpc) is 3.35. The normalized spacial score (nSPS) is 18.4. The monoisotopic (exact) mass is 422 g/mol. The van der Waals surface area contributed by atoms with Gasteiger partial charge in [0.2, 0.25) is 0 Å². The van der Waals surface area contributed by atoms with Gasteiger partial charge in [0.1, 0.15) is 11.5 Å². The average molecular weight is 422 g/mol. The fourth-order valence-corrected chi connectivity index (χ4v) is 4.38. The highest BCUT2D eigenvalue weighted by Gasteiger charge is 2.31. The quantitative estimate of drug-likeness (QED) is 0.664. The number of methoxy groups -OCH3 is 1. The Balaban J connectivity index is 1.41. The first-order chi connectivity index (χ1) is 15.0. The molecule has 1 fully saturated rings. The van der Waals surface area contributed by atoms with Gasteiger partial charge in [-0.25, -0.2) is 9.78 Å². The van der Waals surface area contributed by atoms with Crippen molar-refractivity contribution in [1.29, 1.82) is 0 Å². The predicted molar refractivity (Wildman–Crippen MR) is 118 cm³/mol. The van der Waals surface area contributed by atoms with Crippen LogP contribution < -0.4 is 25.2 Å². The molecule has 10 heteroatoms. The van der Waals surface area contributed by atoms with E-state index < -0.39 is 0 Å². The molecule has 0 aliphatic carbocycles. The van der Waals surface area contributed by atoms with Crippen LogP contribution in [0.1, 0.15) is 18.2 Å². The van der Waals surface area contributed by atoms with Crippen molar-refractivity contribution < 1.29 is 9.53 Å². The van der Waals surface area contributed by atoms with Crippen LogP contribution in [-0.4, -0.2) is 65.2 Å². The molecule has 2 aliphatic rings. The molecule has 31 heavy (non-hydrogen) atoms. The number of hydrogen-bond donors (Lipinski definition) is 2. The molecule has 0 spiro atoms. The lowest BCUT2D eigenvalue weighted by Crippen LogP contribution is -2.49. The number of hydrogen-bond acceptors (Lipinski definition) is 7. The number of rotatable bonds is 3. The van der Waals surface area contributed by atoms with Gasteiger partial charge >= 0.3 is 6.03 Å². The second-order valence-corrected chi connectivity index (χ2v) is 8.03. The number of carbonyl (C=O) groups is 1. The van der Waals surface area contributed by atoms with Crippen LogP contribution in [0.2, 0.25) is 0 Å². The Morgan fingerprint density at radius 3 is 2.97 bits per heavy atom. The van der Waals surface area contributed by atoms with Gasteiger partial charge in [-0.1, -0.05) is 0 Å². The maximum absolute atomic E-state index is 13.2. The molecule has 2 amide bonds. The summed E-state index contributed by atoms with van der Waals surface area (Å²) >= 11 is 0. The summed E-state index contributed by atoms with van der Waals surface area (Å²) in [6.45, 7) is 7.50. The smallest absolute Gasteiger partial charge is 0.327 e. The van der Waals surface area contributed by atoms with E-state index in [4.69, 9.17) is 4.74 Å². The minimum absolute atomic E-state index is 0.252. The number of nitrogens with zero attached hydrogens (tertiary/aromatic N) is 6. The van der Waals surface area contributed by atoms with Gasteiger partial charge in [-0.2, -0.15) is 5.10 Å². The zero-order valence-electron chi connectivity index (χ0n) is 17.9. The van der Waals surface area contributed by atoms with Gasteiger partial charge in [0.15, 0.2) is 0 Å². The van der Waals surface area contributed by atoms with Crippen molar-refractivity contribution in [2.75, 3.05) is 48.4 Å². The maximum Gasteiger partial charge on any atom is 0.327 e. The largest absolute Gasteiger partial charge is 0.478 e. The van der Waals surface area contributed by atoms with E-state index in [2.05, 4.69) is 43.7 Å². The van der Waals surface area contributed by atoms with Crippen LogP contribution in [0.15, 0.2) is 24.4 Å². The first-order valence-electron chi connectivity index (χ1n) is 10.5. The minimum atomic E-state index is -0.252. The molecule has 3 aromatic heterocycles. The molecule has 0 radical (unpaired) electrons. The third-order valence-corrected chi connectivity index (χ3v) is 5.79. The lowest BCUT2D eigenvalue weighted by molar-refractivity contribution is 0.257. The fraction of sp³-hybridized carbons (Fsp3) is 0.429. The number of piperazine rings is 1. The molecule has 5 heterocycles. The molecule has 0 saturated carbocycles. The van der Waals surface area contributed by atoms with E-state index in [-0.39, 0.29) is 6.03 Å². The van der Waals surface area contributed by atoms with E-state index in [1.165, 1.54) is 17.4 Å². The molecule has 0 aromatic carbocycles. The van der Waals surface area contributed by atoms with Crippen molar-refractivity contribution in [3.63, 3.8) is 0 Å². The molecule has 1 saturated heterocycles. The Morgan fingerprint density at radius 1 is 1.29 bits per heavy atom. The zero-order chi connectivity index (χ0) is 21.5. The molecule has 3 aromatic rings. The van der Waals surface area contributed by atoms with Crippen molar-refractivity contribution in [1.82, 2.24) is 25.1 Å². The summed E-state index contributed by atoms with van der Waals surface area (Å²) < 4.78 is 6.87. The van der Waals surface area contributed by atoms with Crippen molar-refractivity contribution in [3.05, 3.63) is 35.7 Å². The molecule has 1 atom stereocenters. The van der Waals surface area contributed by atoms with Crippen LogP contribution in [0.25, 0.3) is 5.52 Å². The fourth-order valence-electron chi connectivity index (χ4n) is 4.38. The van der Waals surface area contributed by atoms with Crippen LogP contribution in [0.3, 0.4) is 0 Å². The van der Waals surface area contributed by atoms with Crippen molar-refractivity contribution in [3.8, 4) is 5.88 Å². The van der Waals surface area contributed by atoms with Crippen molar-refractivity contribution >= 4 is 28.7 Å². The maximum atomic E-state index is 13.2. The van der Waals surface area contributed by atoms with E-state index in [1.54, 1.807) is 11.1 Å². The number of urea groups is 1. The van der Waals surface area contributed by atoms with Crippen molar-refractivity contribution in [2.45, 2.75) is 26.3 Å². The standard InChI is InChI=1S/C21H26N8O2/c1-13-10-15-11-17(20(31-3)26-29(15)25-13)24-21(30)28-8-5-16-18(4-6-23-19(16)28)27-9-7-22-14(2)12-27/h4,6,10-11,14,22H,5,7-9,12H2,1-3H3,(H,24,30)/t14-/m1/s1. The van der Waals surface area contributed by atoms with Gasteiger partial charge in [0.25, 0.3) is 5.88 Å². The predicted octanol–water partition coefficient (Wildman–Crippen LogP) is 1.83. The van der Waals surface area contributed by atoms with Gasteiger partial charge in [0, 0.05) is 49.7 Å². The number of aryl methyl sites for hydroxylation is 1. The number of ether oxygens (including phenoxy) is 1. The second-order valence-electron chi connectivity index (χ2n) is 8.03. The highest BCUT2D eigenvalue weighted by atomic mass is 16.5. The summed E-state index contributed by atoms with van der Waals surface area (Å²) in [5, 5.41) is 15.1. The summed E-state index contributed by atoms with van der Waals surface area (Å²) in [5.41, 5.74) is 4.41. The van der Waals surface area contributed by atoms with E-state index >= 15 is 0 Å². The Labute approximate surface area is 180 Å². The van der Waals surface area contributed by atoms with Gasteiger partial charge < -0.3 is 20.3 Å². The molecule has 162 valence electrons. The summed E-state index contributed by atoms with van der Waals surface area (Å²) in [7, 11) is 1.52. The molecule has 0 unspecified atom stereocenters. The lowest BCUT2D eigenvalue weighted by Gasteiger charge is -2.34. The third-order valence-electron chi connectivity index (χ3n) is 5.79. The molecule has 0 bridgehead atoms. The Morgan fingerprint density at radius 2 is 2.16 bits per heavy atom. The number of fused-ring (bicyclic) bond motifs is 2. The number of anilines is 3. The molecule has 2 aliphatic heterocycles. The van der Waals surface area contributed by atoms with E-state index in [0.717, 1.165) is 48.6 Å². The second kappa shape index (κ2) is 7.69. The van der Waals surface area contributed by atoms with Crippen LogP contribution in [0.4, 0.5) is 22.0 Å². The van der Waals surface area contributed by atoms with Crippen molar-refractivity contribution in [2.24, 2.45) is 0 Å². The Hall–Kier alpha value is -3.40. The van der Waals surface area contributed by atoms with Crippen LogP contribution in [0, 0.1) is 6.92 Å². The van der Waals surface area contributed by atoms with E-state index in [9.17, 15) is 4.79 Å². The molecular formula is C21H26N8O2. The van der Waals surface area contributed by atoms with E-state index in [0.29, 0.717) is 24.2 Å². The van der Waals surface area contributed by atoms with Gasteiger partial charge in [-0.05, 0) is 38.5 Å². The van der Waals surface area contributed by atoms with Crippen LogP contribution in [0.5, 0.6) is 5.88 Å². The van der Waals surface area contributed by atoms with Crippen LogP contribution in [-0.2, 0) is 6.42 Å².